The van der Waals surface area contributed by atoms with Gasteiger partial charge in [0, 0.05) is 36.7 Å². The summed E-state index contributed by atoms with van der Waals surface area (Å²) in [5.74, 6) is -0.410. The Morgan fingerprint density at radius 1 is 1.32 bits per heavy atom. The third-order valence-electron chi connectivity index (χ3n) is 3.87. The predicted molar refractivity (Wildman–Crippen MR) is 92.4 cm³/mol. The molecule has 7 nitrogen and oxygen atoms in total. The second-order valence-corrected chi connectivity index (χ2v) is 5.52. The summed E-state index contributed by atoms with van der Waals surface area (Å²) in [6.45, 7) is 5.39. The van der Waals surface area contributed by atoms with Crippen molar-refractivity contribution in [3.05, 3.63) is 41.0 Å². The van der Waals surface area contributed by atoms with E-state index in [1.54, 1.807) is 13.2 Å². The molecular formula is C17H23FN4O3. The normalized spacial score (nSPS) is 10.6. The molecule has 0 atom stereocenters. The molecule has 2 rings (SSSR count). The van der Waals surface area contributed by atoms with E-state index in [0.717, 1.165) is 17.0 Å². The molecule has 2 aromatic rings. The fourth-order valence-corrected chi connectivity index (χ4v) is 2.47. The molecular weight excluding hydrogens is 327 g/mol. The quantitative estimate of drug-likeness (QED) is 0.805. The summed E-state index contributed by atoms with van der Waals surface area (Å²) < 4.78 is 25.4. The van der Waals surface area contributed by atoms with Crippen molar-refractivity contribution in [1.29, 1.82) is 0 Å². The highest BCUT2D eigenvalue weighted by atomic mass is 19.1. The van der Waals surface area contributed by atoms with Crippen LogP contribution in [-0.2, 0) is 17.8 Å². The number of aromatic nitrogens is 2. The second-order valence-electron chi connectivity index (χ2n) is 5.52. The van der Waals surface area contributed by atoms with Crippen LogP contribution in [0.15, 0.2) is 18.2 Å². The van der Waals surface area contributed by atoms with Crippen LogP contribution in [0.1, 0.15) is 17.0 Å². The second kappa shape index (κ2) is 8.48. The standard InChI is InChI=1S/C17H23FN4O3/c1-11-14(12(2)22(21-11)7-8-24-3)10-19-17(23)20-13-5-6-16(25-4)15(18)9-13/h5-6,9H,7-8,10H2,1-4H3,(H2,19,20,23). The molecule has 0 bridgehead atoms. The Bertz CT molecular complexity index is 746. The summed E-state index contributed by atoms with van der Waals surface area (Å²) in [6, 6.07) is 3.81. The molecule has 25 heavy (non-hydrogen) atoms. The number of hydrogen-bond donors (Lipinski definition) is 2. The van der Waals surface area contributed by atoms with Crippen LogP contribution in [-0.4, -0.2) is 36.6 Å². The first-order valence-electron chi connectivity index (χ1n) is 7.86. The van der Waals surface area contributed by atoms with Crippen molar-refractivity contribution in [2.45, 2.75) is 26.9 Å². The molecule has 136 valence electrons. The fraction of sp³-hybridized carbons (Fsp3) is 0.412. The lowest BCUT2D eigenvalue weighted by Gasteiger charge is -2.09. The van der Waals surface area contributed by atoms with Gasteiger partial charge in [0.05, 0.1) is 26.0 Å². The first-order valence-corrected chi connectivity index (χ1v) is 7.86. The maximum absolute atomic E-state index is 13.6. The summed E-state index contributed by atoms with van der Waals surface area (Å²) in [5, 5.41) is 9.79. The third kappa shape index (κ3) is 4.69. The van der Waals surface area contributed by atoms with Gasteiger partial charge in [0.2, 0.25) is 0 Å². The zero-order valence-electron chi connectivity index (χ0n) is 14.9. The van der Waals surface area contributed by atoms with E-state index in [9.17, 15) is 9.18 Å². The number of nitrogens with zero attached hydrogens (tertiary/aromatic N) is 2. The Kier molecular flexibility index (Phi) is 6.35. The zero-order chi connectivity index (χ0) is 18.4. The lowest BCUT2D eigenvalue weighted by molar-refractivity contribution is 0.182. The van der Waals surface area contributed by atoms with Gasteiger partial charge >= 0.3 is 6.03 Å². The number of rotatable bonds is 7. The fourth-order valence-electron chi connectivity index (χ4n) is 2.47. The highest BCUT2D eigenvalue weighted by Gasteiger charge is 2.13. The largest absolute Gasteiger partial charge is 0.494 e. The van der Waals surface area contributed by atoms with Crippen molar-refractivity contribution in [3.63, 3.8) is 0 Å². The monoisotopic (exact) mass is 350 g/mol. The molecule has 2 N–H and O–H groups in total. The van der Waals surface area contributed by atoms with E-state index in [0.29, 0.717) is 25.4 Å². The smallest absolute Gasteiger partial charge is 0.319 e. The number of methoxy groups -OCH3 is 2. The highest BCUT2D eigenvalue weighted by Crippen LogP contribution is 2.20. The van der Waals surface area contributed by atoms with Gasteiger partial charge in [0.25, 0.3) is 0 Å². The minimum Gasteiger partial charge on any atom is -0.494 e. The zero-order valence-corrected chi connectivity index (χ0v) is 14.9. The average Bonchev–Trinajstić information content (AvgIpc) is 2.85. The Hall–Kier alpha value is -2.61. The number of nitrogens with one attached hydrogen (secondary N) is 2. The predicted octanol–water partition coefficient (Wildman–Crippen LogP) is 2.62. The SMILES string of the molecule is COCCn1nc(C)c(CNC(=O)Nc2ccc(OC)c(F)c2)c1C. The van der Waals surface area contributed by atoms with Crippen molar-refractivity contribution < 1.29 is 18.7 Å². The number of hydrogen-bond acceptors (Lipinski definition) is 4. The lowest BCUT2D eigenvalue weighted by atomic mass is 10.2. The number of halogens is 1. The third-order valence-corrected chi connectivity index (χ3v) is 3.87. The van der Waals surface area contributed by atoms with Crippen LogP contribution in [0.25, 0.3) is 0 Å². The van der Waals surface area contributed by atoms with Crippen molar-refractivity contribution in [2.24, 2.45) is 0 Å². The van der Waals surface area contributed by atoms with Gasteiger partial charge < -0.3 is 20.1 Å². The molecule has 8 heteroatoms. The number of urea groups is 1. The van der Waals surface area contributed by atoms with Crippen molar-refractivity contribution in [3.8, 4) is 5.75 Å². The number of anilines is 1. The number of carbonyl (C=O) groups excluding carboxylic acids is 1. The molecule has 0 radical (unpaired) electrons. The first kappa shape index (κ1) is 18.7. The minimum absolute atomic E-state index is 0.126. The number of aryl methyl sites for hydroxylation is 1. The van der Waals surface area contributed by atoms with Crippen molar-refractivity contribution >= 4 is 11.7 Å². The van der Waals surface area contributed by atoms with E-state index >= 15 is 0 Å². The maximum atomic E-state index is 13.6. The number of carbonyl (C=O) groups is 1. The minimum atomic E-state index is -0.536. The van der Waals surface area contributed by atoms with E-state index < -0.39 is 11.8 Å². The Morgan fingerprint density at radius 2 is 2.08 bits per heavy atom. The molecule has 0 aliphatic heterocycles. The van der Waals surface area contributed by atoms with E-state index in [1.165, 1.54) is 19.2 Å². The van der Waals surface area contributed by atoms with Gasteiger partial charge in [-0.05, 0) is 26.0 Å². The molecule has 0 aliphatic carbocycles. The van der Waals surface area contributed by atoms with Gasteiger partial charge in [-0.1, -0.05) is 0 Å². The number of benzene rings is 1. The first-order chi connectivity index (χ1) is 12.0. The van der Waals surface area contributed by atoms with Gasteiger partial charge in [-0.15, -0.1) is 0 Å². The van der Waals surface area contributed by atoms with Crippen LogP contribution < -0.4 is 15.4 Å². The molecule has 0 aliphatic rings. The number of amides is 2. The van der Waals surface area contributed by atoms with Crippen LogP contribution in [0.3, 0.4) is 0 Å². The Balaban J connectivity index is 1.96. The Morgan fingerprint density at radius 3 is 2.72 bits per heavy atom. The van der Waals surface area contributed by atoms with Gasteiger partial charge in [-0.2, -0.15) is 5.10 Å². The van der Waals surface area contributed by atoms with Crippen LogP contribution >= 0.6 is 0 Å². The van der Waals surface area contributed by atoms with E-state index in [2.05, 4.69) is 15.7 Å². The molecule has 0 saturated heterocycles. The van der Waals surface area contributed by atoms with E-state index in [4.69, 9.17) is 9.47 Å². The summed E-state index contributed by atoms with van der Waals surface area (Å²) in [5.41, 5.74) is 3.13. The van der Waals surface area contributed by atoms with Crippen LogP contribution in [0.4, 0.5) is 14.9 Å². The van der Waals surface area contributed by atoms with Crippen LogP contribution in [0.2, 0.25) is 0 Å². The average molecular weight is 350 g/mol. The summed E-state index contributed by atoms with van der Waals surface area (Å²) in [4.78, 5) is 12.0. The highest BCUT2D eigenvalue weighted by molar-refractivity contribution is 5.89. The molecule has 0 unspecified atom stereocenters. The molecule has 1 heterocycles. The summed E-state index contributed by atoms with van der Waals surface area (Å²) >= 11 is 0. The molecule has 0 saturated carbocycles. The molecule has 2 amide bonds. The molecule has 0 fully saturated rings. The van der Waals surface area contributed by atoms with Crippen molar-refractivity contribution in [2.75, 3.05) is 26.1 Å². The van der Waals surface area contributed by atoms with Gasteiger partial charge in [0.15, 0.2) is 11.6 Å². The molecule has 1 aromatic carbocycles. The van der Waals surface area contributed by atoms with Crippen LogP contribution in [0.5, 0.6) is 5.75 Å². The lowest BCUT2D eigenvalue weighted by Crippen LogP contribution is -2.28. The summed E-state index contributed by atoms with van der Waals surface area (Å²) in [7, 11) is 3.02. The van der Waals surface area contributed by atoms with E-state index in [1.807, 2.05) is 18.5 Å². The van der Waals surface area contributed by atoms with E-state index in [-0.39, 0.29) is 5.75 Å². The van der Waals surface area contributed by atoms with Crippen molar-refractivity contribution in [1.82, 2.24) is 15.1 Å². The molecule has 1 aromatic heterocycles. The topological polar surface area (TPSA) is 77.4 Å². The molecule has 0 spiro atoms. The maximum Gasteiger partial charge on any atom is 0.319 e. The Labute approximate surface area is 146 Å². The van der Waals surface area contributed by atoms with Gasteiger partial charge in [0.1, 0.15) is 0 Å². The summed E-state index contributed by atoms with van der Waals surface area (Å²) in [6.07, 6.45) is 0. The van der Waals surface area contributed by atoms with Gasteiger partial charge in [-0.3, -0.25) is 4.68 Å². The van der Waals surface area contributed by atoms with Gasteiger partial charge in [-0.25, -0.2) is 9.18 Å². The van der Waals surface area contributed by atoms with Crippen LogP contribution in [0, 0.1) is 19.7 Å². The number of ether oxygens (including phenoxy) is 2.